The molecule has 0 bridgehead atoms. The Hall–Kier alpha value is -1.88. The van der Waals surface area contributed by atoms with Crippen molar-refractivity contribution in [2.45, 2.75) is 25.9 Å². The molecule has 0 spiro atoms. The molecule has 5 nitrogen and oxygen atoms in total. The Kier molecular flexibility index (Phi) is 4.85. The van der Waals surface area contributed by atoms with Gasteiger partial charge >= 0.3 is 5.97 Å². The van der Waals surface area contributed by atoms with Crippen LogP contribution < -0.4 is 11.1 Å². The van der Waals surface area contributed by atoms with Gasteiger partial charge in [-0.05, 0) is 19.4 Å². The van der Waals surface area contributed by atoms with E-state index in [1.165, 1.54) is 7.11 Å². The lowest BCUT2D eigenvalue weighted by molar-refractivity contribution is -0.144. The predicted molar refractivity (Wildman–Crippen MR) is 67.7 cm³/mol. The second-order valence-corrected chi connectivity index (χ2v) is 4.14. The van der Waals surface area contributed by atoms with E-state index in [1.807, 2.05) is 19.1 Å². The molecule has 0 aliphatic rings. The van der Waals surface area contributed by atoms with Crippen molar-refractivity contribution in [3.8, 4) is 0 Å². The maximum Gasteiger partial charge on any atom is 0.328 e. The van der Waals surface area contributed by atoms with E-state index in [2.05, 4.69) is 10.1 Å². The highest BCUT2D eigenvalue weighted by Crippen LogP contribution is 2.11. The lowest BCUT2D eigenvalue weighted by Gasteiger charge is -2.16. The number of ether oxygens (including phenoxy) is 1. The Bertz CT molecular complexity index is 428. The predicted octanol–water partition coefficient (Wildman–Crippen LogP) is 0.673. The maximum absolute atomic E-state index is 11.8. The molecule has 1 unspecified atom stereocenters. The summed E-state index contributed by atoms with van der Waals surface area (Å²) in [5, 5.41) is 2.50. The van der Waals surface area contributed by atoms with Crippen molar-refractivity contribution in [2.75, 3.05) is 7.11 Å². The Balaban J connectivity index is 2.67. The van der Waals surface area contributed by atoms with Crippen molar-refractivity contribution < 1.29 is 14.3 Å². The zero-order valence-electron chi connectivity index (χ0n) is 10.8. The van der Waals surface area contributed by atoms with Crippen LogP contribution in [-0.4, -0.2) is 25.0 Å². The van der Waals surface area contributed by atoms with Crippen LogP contribution in [0.25, 0.3) is 0 Å². The zero-order valence-corrected chi connectivity index (χ0v) is 10.8. The van der Waals surface area contributed by atoms with Gasteiger partial charge < -0.3 is 15.8 Å². The summed E-state index contributed by atoms with van der Waals surface area (Å²) in [6.45, 7) is 3.50. The van der Waals surface area contributed by atoms with Crippen LogP contribution in [0.5, 0.6) is 0 Å². The molecule has 1 rings (SSSR count). The van der Waals surface area contributed by atoms with E-state index in [1.54, 1.807) is 19.1 Å². The molecule has 0 aliphatic carbocycles. The first kappa shape index (κ1) is 14.2. The van der Waals surface area contributed by atoms with Crippen LogP contribution in [0, 0.1) is 6.92 Å². The summed E-state index contributed by atoms with van der Waals surface area (Å²) < 4.78 is 4.52. The second-order valence-electron chi connectivity index (χ2n) is 4.14. The first-order chi connectivity index (χ1) is 8.45. The number of esters is 1. The number of amides is 1. The van der Waals surface area contributed by atoms with Gasteiger partial charge in [0.05, 0.1) is 7.11 Å². The van der Waals surface area contributed by atoms with Gasteiger partial charge in [0.25, 0.3) is 0 Å². The minimum absolute atomic E-state index is 0.406. The zero-order chi connectivity index (χ0) is 13.7. The standard InChI is InChI=1S/C13H18N2O3/c1-8-4-6-10(7-5-8)11(14)12(16)15-9(2)13(17)18-3/h4-7,9,11H,14H2,1-3H3,(H,15,16)/t9-,11?/m0/s1. The van der Waals surface area contributed by atoms with Crippen molar-refractivity contribution in [1.29, 1.82) is 0 Å². The number of benzene rings is 1. The van der Waals surface area contributed by atoms with Gasteiger partial charge in [-0.25, -0.2) is 4.79 Å². The third-order valence-electron chi connectivity index (χ3n) is 2.63. The highest BCUT2D eigenvalue weighted by molar-refractivity contribution is 5.87. The fourth-order valence-electron chi connectivity index (χ4n) is 1.46. The molecule has 0 aromatic heterocycles. The van der Waals surface area contributed by atoms with Crippen LogP contribution >= 0.6 is 0 Å². The quantitative estimate of drug-likeness (QED) is 0.770. The lowest BCUT2D eigenvalue weighted by atomic mass is 10.1. The number of hydrogen-bond donors (Lipinski definition) is 2. The van der Waals surface area contributed by atoms with E-state index in [9.17, 15) is 9.59 Å². The van der Waals surface area contributed by atoms with E-state index in [0.29, 0.717) is 5.56 Å². The van der Waals surface area contributed by atoms with Crippen LogP contribution in [0.2, 0.25) is 0 Å². The second kappa shape index (κ2) is 6.16. The molecule has 0 aliphatic heterocycles. The third-order valence-corrected chi connectivity index (χ3v) is 2.63. The van der Waals surface area contributed by atoms with E-state index in [0.717, 1.165) is 5.56 Å². The van der Waals surface area contributed by atoms with Crippen molar-refractivity contribution in [1.82, 2.24) is 5.32 Å². The number of nitrogens with two attached hydrogens (primary N) is 1. The molecule has 18 heavy (non-hydrogen) atoms. The molecule has 2 atom stereocenters. The van der Waals surface area contributed by atoms with Crippen LogP contribution in [0.4, 0.5) is 0 Å². The molecule has 1 aromatic rings. The molecule has 1 amide bonds. The monoisotopic (exact) mass is 250 g/mol. The summed E-state index contributed by atoms with van der Waals surface area (Å²) in [5.74, 6) is -0.906. The molecule has 0 radical (unpaired) electrons. The van der Waals surface area contributed by atoms with Crippen LogP contribution in [0.15, 0.2) is 24.3 Å². The lowest BCUT2D eigenvalue weighted by Crippen LogP contribution is -2.43. The highest BCUT2D eigenvalue weighted by Gasteiger charge is 2.21. The smallest absolute Gasteiger partial charge is 0.328 e. The fourth-order valence-corrected chi connectivity index (χ4v) is 1.46. The van der Waals surface area contributed by atoms with Gasteiger partial charge in [0.2, 0.25) is 5.91 Å². The van der Waals surface area contributed by atoms with Crippen LogP contribution in [0.1, 0.15) is 24.1 Å². The van der Waals surface area contributed by atoms with Gasteiger partial charge in [0, 0.05) is 0 Å². The summed E-state index contributed by atoms with van der Waals surface area (Å²) >= 11 is 0. The number of nitrogens with one attached hydrogen (secondary N) is 1. The third kappa shape index (κ3) is 3.56. The molecule has 0 heterocycles. The normalized spacial score (nSPS) is 13.6. The molecule has 0 saturated heterocycles. The highest BCUT2D eigenvalue weighted by atomic mass is 16.5. The Morgan fingerprint density at radius 2 is 1.83 bits per heavy atom. The Morgan fingerprint density at radius 3 is 2.33 bits per heavy atom. The van der Waals surface area contributed by atoms with E-state index in [4.69, 9.17) is 5.73 Å². The topological polar surface area (TPSA) is 81.4 Å². The SMILES string of the molecule is COC(=O)[C@H](C)NC(=O)C(N)c1ccc(C)cc1. The molecule has 3 N–H and O–H groups in total. The van der Waals surface area contributed by atoms with Crippen LogP contribution in [0.3, 0.4) is 0 Å². The summed E-state index contributed by atoms with van der Waals surface area (Å²) in [6.07, 6.45) is 0. The summed E-state index contributed by atoms with van der Waals surface area (Å²) in [6, 6.07) is 5.85. The Labute approximate surface area is 106 Å². The van der Waals surface area contributed by atoms with Gasteiger partial charge in [-0.3, -0.25) is 4.79 Å². The molecule has 0 fully saturated rings. The summed E-state index contributed by atoms with van der Waals surface area (Å²) in [5.41, 5.74) is 7.61. The summed E-state index contributed by atoms with van der Waals surface area (Å²) in [7, 11) is 1.27. The average Bonchev–Trinajstić information content (AvgIpc) is 2.37. The van der Waals surface area contributed by atoms with E-state index in [-0.39, 0.29) is 0 Å². The summed E-state index contributed by atoms with van der Waals surface area (Å²) in [4.78, 5) is 23.0. The van der Waals surface area contributed by atoms with Crippen molar-refractivity contribution in [3.05, 3.63) is 35.4 Å². The van der Waals surface area contributed by atoms with Crippen molar-refractivity contribution in [3.63, 3.8) is 0 Å². The molecular weight excluding hydrogens is 232 g/mol. The van der Waals surface area contributed by atoms with Crippen LogP contribution in [-0.2, 0) is 14.3 Å². The van der Waals surface area contributed by atoms with Gasteiger partial charge in [-0.15, -0.1) is 0 Å². The number of rotatable bonds is 4. The largest absolute Gasteiger partial charge is 0.467 e. The van der Waals surface area contributed by atoms with Crippen molar-refractivity contribution in [2.24, 2.45) is 5.73 Å². The molecule has 5 heteroatoms. The van der Waals surface area contributed by atoms with Gasteiger partial charge in [0.1, 0.15) is 12.1 Å². The molecule has 1 aromatic carbocycles. The minimum atomic E-state index is -0.794. The number of aryl methyl sites for hydroxylation is 1. The van der Waals surface area contributed by atoms with Crippen molar-refractivity contribution >= 4 is 11.9 Å². The number of methoxy groups -OCH3 is 1. The van der Waals surface area contributed by atoms with Gasteiger partial charge in [-0.2, -0.15) is 0 Å². The average molecular weight is 250 g/mol. The number of carbonyl (C=O) groups is 2. The molecule has 0 saturated carbocycles. The van der Waals surface area contributed by atoms with E-state index >= 15 is 0 Å². The molecular formula is C13H18N2O3. The minimum Gasteiger partial charge on any atom is -0.467 e. The number of hydrogen-bond acceptors (Lipinski definition) is 4. The maximum atomic E-state index is 11.8. The fraction of sp³-hybridized carbons (Fsp3) is 0.385. The Morgan fingerprint density at radius 1 is 1.28 bits per heavy atom. The van der Waals surface area contributed by atoms with Gasteiger partial charge in [-0.1, -0.05) is 29.8 Å². The van der Waals surface area contributed by atoms with Gasteiger partial charge in [0.15, 0.2) is 0 Å². The number of carbonyl (C=O) groups excluding carboxylic acids is 2. The van der Waals surface area contributed by atoms with E-state index < -0.39 is 24.0 Å². The first-order valence-electron chi connectivity index (χ1n) is 5.66. The first-order valence-corrected chi connectivity index (χ1v) is 5.66. The molecule has 98 valence electrons.